The normalized spacial score (nSPS) is 11.0. The van der Waals surface area contributed by atoms with E-state index in [4.69, 9.17) is 9.47 Å². The molecule has 0 bridgehead atoms. The van der Waals surface area contributed by atoms with Crippen molar-refractivity contribution in [1.29, 1.82) is 5.26 Å². The molecule has 196 valence electrons. The zero-order valence-electron chi connectivity index (χ0n) is 21.3. The largest absolute Gasteiger partial charge is 0.485 e. The van der Waals surface area contributed by atoms with Crippen molar-refractivity contribution in [2.75, 3.05) is 0 Å². The lowest BCUT2D eigenvalue weighted by molar-refractivity contribution is -0.384. The summed E-state index contributed by atoms with van der Waals surface area (Å²) in [5, 5.41) is 23.4. The van der Waals surface area contributed by atoms with Crippen LogP contribution in [0.4, 0.5) is 5.69 Å². The van der Waals surface area contributed by atoms with Crippen LogP contribution in [0.15, 0.2) is 109 Å². The van der Waals surface area contributed by atoms with Gasteiger partial charge in [0.25, 0.3) is 5.69 Å². The molecule has 0 spiro atoms. The van der Waals surface area contributed by atoms with Gasteiger partial charge in [-0.2, -0.15) is 5.26 Å². The minimum atomic E-state index is -0.442. The standard InChI is InChI=1S/C32H23N3O4S/c33-19-27(32-34-29(22-40-32)26-12-7-13-28(18-26)35(36)37)16-25-14-15-30(38-20-23-8-3-1-4-9-23)31(17-25)39-21-24-10-5-2-6-11-24/h1-18,22H,20-21H2/b27-16-. The quantitative estimate of drug-likeness (QED) is 0.100. The number of nitro benzene ring substituents is 1. The molecule has 0 aliphatic rings. The summed E-state index contributed by atoms with van der Waals surface area (Å²) in [5.41, 5.74) is 4.35. The number of hydrogen-bond donors (Lipinski definition) is 0. The number of nitrogens with zero attached hydrogens (tertiary/aromatic N) is 3. The van der Waals surface area contributed by atoms with Crippen LogP contribution in [0.1, 0.15) is 21.7 Å². The van der Waals surface area contributed by atoms with Crippen LogP contribution in [0.25, 0.3) is 22.9 Å². The van der Waals surface area contributed by atoms with Crippen molar-refractivity contribution < 1.29 is 14.4 Å². The lowest BCUT2D eigenvalue weighted by atomic mass is 10.1. The molecule has 0 radical (unpaired) electrons. The Hall–Kier alpha value is -5.26. The van der Waals surface area contributed by atoms with E-state index in [1.54, 1.807) is 23.6 Å². The molecule has 5 aromatic rings. The van der Waals surface area contributed by atoms with Gasteiger partial charge in [0.1, 0.15) is 24.3 Å². The third-order valence-corrected chi connectivity index (χ3v) is 6.84. The molecule has 40 heavy (non-hydrogen) atoms. The second-order valence-electron chi connectivity index (χ2n) is 8.77. The molecule has 0 amide bonds. The van der Waals surface area contributed by atoms with Gasteiger partial charge in [-0.3, -0.25) is 10.1 Å². The molecule has 8 heteroatoms. The number of aromatic nitrogens is 1. The topological polar surface area (TPSA) is 98.3 Å². The molecule has 0 unspecified atom stereocenters. The molecule has 0 saturated carbocycles. The van der Waals surface area contributed by atoms with Crippen LogP contribution in [0.3, 0.4) is 0 Å². The monoisotopic (exact) mass is 545 g/mol. The first-order valence-electron chi connectivity index (χ1n) is 12.4. The molecule has 0 atom stereocenters. The molecule has 0 aliphatic heterocycles. The Kier molecular flexibility index (Phi) is 8.25. The fourth-order valence-electron chi connectivity index (χ4n) is 3.93. The SMILES string of the molecule is N#C/C(=C/c1ccc(OCc2ccccc2)c(OCc2ccccc2)c1)c1nc(-c2cccc([N+](=O)[O-])c2)cs1. The third-order valence-electron chi connectivity index (χ3n) is 5.96. The van der Waals surface area contributed by atoms with Gasteiger partial charge in [0.05, 0.1) is 16.2 Å². The maximum atomic E-state index is 11.2. The summed E-state index contributed by atoms with van der Waals surface area (Å²) in [7, 11) is 0. The molecule has 1 heterocycles. The minimum absolute atomic E-state index is 0.0132. The van der Waals surface area contributed by atoms with E-state index >= 15 is 0 Å². The first-order valence-corrected chi connectivity index (χ1v) is 13.3. The number of rotatable bonds is 10. The minimum Gasteiger partial charge on any atom is -0.485 e. The first kappa shape index (κ1) is 26.4. The fourth-order valence-corrected chi connectivity index (χ4v) is 4.73. The molecular weight excluding hydrogens is 522 g/mol. The van der Waals surface area contributed by atoms with Crippen molar-refractivity contribution in [2.45, 2.75) is 13.2 Å². The molecular formula is C32H23N3O4S. The number of nitro groups is 1. The molecule has 5 rings (SSSR count). The van der Waals surface area contributed by atoms with Crippen molar-refractivity contribution in [3.63, 3.8) is 0 Å². The Morgan fingerprint density at radius 1 is 0.875 bits per heavy atom. The molecule has 0 N–H and O–H groups in total. The summed E-state index contributed by atoms with van der Waals surface area (Å²) < 4.78 is 12.3. The number of benzene rings is 4. The lowest BCUT2D eigenvalue weighted by Gasteiger charge is -2.14. The molecule has 1 aromatic heterocycles. The van der Waals surface area contributed by atoms with E-state index in [1.165, 1.54) is 23.5 Å². The van der Waals surface area contributed by atoms with E-state index in [-0.39, 0.29) is 5.69 Å². The Bertz CT molecular complexity index is 1690. The number of ether oxygens (including phenoxy) is 2. The molecule has 0 fully saturated rings. The number of hydrogen-bond acceptors (Lipinski definition) is 7. The molecule has 7 nitrogen and oxygen atoms in total. The highest BCUT2D eigenvalue weighted by Crippen LogP contribution is 2.33. The highest BCUT2D eigenvalue weighted by molar-refractivity contribution is 7.11. The highest BCUT2D eigenvalue weighted by atomic mass is 32.1. The summed E-state index contributed by atoms with van der Waals surface area (Å²) >= 11 is 1.30. The van der Waals surface area contributed by atoms with Crippen molar-refractivity contribution in [3.05, 3.63) is 140 Å². The van der Waals surface area contributed by atoms with Crippen LogP contribution in [0.5, 0.6) is 11.5 Å². The van der Waals surface area contributed by atoms with Crippen LogP contribution >= 0.6 is 11.3 Å². The molecule has 0 aliphatic carbocycles. The average molecular weight is 546 g/mol. The summed E-state index contributed by atoms with van der Waals surface area (Å²) in [5.74, 6) is 1.15. The maximum absolute atomic E-state index is 11.2. The van der Waals surface area contributed by atoms with Gasteiger partial charge in [-0.15, -0.1) is 11.3 Å². The Balaban J connectivity index is 1.41. The second-order valence-corrected chi connectivity index (χ2v) is 9.63. The zero-order chi connectivity index (χ0) is 27.7. The number of non-ortho nitro benzene ring substituents is 1. The van der Waals surface area contributed by atoms with Gasteiger partial charge in [0, 0.05) is 23.1 Å². The highest BCUT2D eigenvalue weighted by Gasteiger charge is 2.14. The van der Waals surface area contributed by atoms with E-state index in [1.807, 2.05) is 78.9 Å². The van der Waals surface area contributed by atoms with Gasteiger partial charge in [-0.1, -0.05) is 78.9 Å². The third kappa shape index (κ3) is 6.59. The van der Waals surface area contributed by atoms with Crippen molar-refractivity contribution >= 4 is 28.7 Å². The Morgan fingerprint density at radius 2 is 1.55 bits per heavy atom. The molecule has 4 aromatic carbocycles. The fraction of sp³-hybridized carbons (Fsp3) is 0.0625. The Labute approximate surface area is 235 Å². The van der Waals surface area contributed by atoms with E-state index in [0.717, 1.165) is 16.7 Å². The van der Waals surface area contributed by atoms with Gasteiger partial charge in [0.15, 0.2) is 11.5 Å². The number of allylic oxidation sites excluding steroid dienone is 1. The van der Waals surface area contributed by atoms with Crippen molar-refractivity contribution in [3.8, 4) is 28.8 Å². The lowest BCUT2D eigenvalue weighted by Crippen LogP contribution is -2.01. The van der Waals surface area contributed by atoms with Crippen LogP contribution in [-0.2, 0) is 13.2 Å². The Morgan fingerprint density at radius 3 is 2.20 bits per heavy atom. The van der Waals surface area contributed by atoms with Crippen LogP contribution in [0, 0.1) is 21.4 Å². The van der Waals surface area contributed by atoms with E-state index in [0.29, 0.717) is 46.6 Å². The summed E-state index contributed by atoms with van der Waals surface area (Å²) in [6.45, 7) is 0.751. The van der Waals surface area contributed by atoms with Crippen LogP contribution in [-0.4, -0.2) is 9.91 Å². The summed E-state index contributed by atoms with van der Waals surface area (Å²) in [6, 6.07) is 33.8. The second kappa shape index (κ2) is 12.5. The van der Waals surface area contributed by atoms with E-state index in [2.05, 4.69) is 11.1 Å². The van der Waals surface area contributed by atoms with Gasteiger partial charge >= 0.3 is 0 Å². The molecule has 0 saturated heterocycles. The first-order chi connectivity index (χ1) is 19.6. The van der Waals surface area contributed by atoms with Crippen LogP contribution in [0.2, 0.25) is 0 Å². The van der Waals surface area contributed by atoms with Gasteiger partial charge in [0.2, 0.25) is 0 Å². The predicted molar refractivity (Wildman–Crippen MR) is 156 cm³/mol. The number of thiazole rings is 1. The predicted octanol–water partition coefficient (Wildman–Crippen LogP) is 7.94. The number of nitriles is 1. The van der Waals surface area contributed by atoms with E-state index in [9.17, 15) is 15.4 Å². The van der Waals surface area contributed by atoms with Crippen molar-refractivity contribution in [2.24, 2.45) is 0 Å². The van der Waals surface area contributed by atoms with Gasteiger partial charge in [-0.05, 0) is 34.9 Å². The van der Waals surface area contributed by atoms with Gasteiger partial charge < -0.3 is 9.47 Å². The summed E-state index contributed by atoms with van der Waals surface area (Å²) in [4.78, 5) is 15.3. The zero-order valence-corrected chi connectivity index (χ0v) is 22.1. The van der Waals surface area contributed by atoms with Crippen molar-refractivity contribution in [1.82, 2.24) is 4.98 Å². The van der Waals surface area contributed by atoms with Gasteiger partial charge in [-0.25, -0.2) is 4.98 Å². The average Bonchev–Trinajstić information content (AvgIpc) is 3.49. The smallest absolute Gasteiger partial charge is 0.270 e. The summed E-state index contributed by atoms with van der Waals surface area (Å²) in [6.07, 6.45) is 1.74. The van der Waals surface area contributed by atoms with Crippen LogP contribution < -0.4 is 9.47 Å². The maximum Gasteiger partial charge on any atom is 0.270 e. The van der Waals surface area contributed by atoms with E-state index < -0.39 is 4.92 Å².